The predicted octanol–water partition coefficient (Wildman–Crippen LogP) is 4.43. The summed E-state index contributed by atoms with van der Waals surface area (Å²) in [6.45, 7) is 1.71. The molecule has 2 rings (SSSR count). The number of esters is 1. The van der Waals surface area contributed by atoms with Crippen LogP contribution in [0.5, 0.6) is 5.75 Å². The van der Waals surface area contributed by atoms with Crippen molar-refractivity contribution in [3.63, 3.8) is 0 Å². The van der Waals surface area contributed by atoms with Crippen LogP contribution in [0.25, 0.3) is 0 Å². The van der Waals surface area contributed by atoms with Crippen LogP contribution in [0, 0.1) is 17.0 Å². The molecule has 0 fully saturated rings. The zero-order valence-corrected chi connectivity index (χ0v) is 12.3. The van der Waals surface area contributed by atoms with Gasteiger partial charge in [-0.15, -0.1) is 0 Å². The van der Waals surface area contributed by atoms with Gasteiger partial charge in [0.15, 0.2) is 0 Å². The molecule has 0 aliphatic heterocycles. The van der Waals surface area contributed by atoms with E-state index in [1.807, 2.05) is 0 Å². The van der Waals surface area contributed by atoms with Crippen LogP contribution in [-0.4, -0.2) is 10.9 Å². The minimum atomic E-state index is -0.750. The van der Waals surface area contributed by atoms with Gasteiger partial charge in [-0.25, -0.2) is 4.79 Å². The van der Waals surface area contributed by atoms with Gasteiger partial charge in [0.25, 0.3) is 0 Å². The Bertz CT molecular complexity index is 731. The lowest BCUT2D eigenvalue weighted by Crippen LogP contribution is -2.09. The van der Waals surface area contributed by atoms with Crippen molar-refractivity contribution in [1.82, 2.24) is 0 Å². The lowest BCUT2D eigenvalue weighted by Gasteiger charge is -2.06. The molecular formula is C14H9Cl2NO4. The van der Waals surface area contributed by atoms with Crippen molar-refractivity contribution < 1.29 is 14.5 Å². The second kappa shape index (κ2) is 6.11. The molecule has 0 radical (unpaired) electrons. The Morgan fingerprint density at radius 1 is 1.14 bits per heavy atom. The Balaban J connectivity index is 2.31. The molecule has 21 heavy (non-hydrogen) atoms. The molecule has 0 spiro atoms. The number of benzene rings is 2. The Labute approximate surface area is 130 Å². The summed E-state index contributed by atoms with van der Waals surface area (Å²) in [6, 6.07) is 8.54. The molecule has 0 aromatic heterocycles. The standard InChI is InChI=1S/C14H9Cl2NO4/c1-8-2-5-13(12(6-8)17(19)20)21-14(18)9-3-4-10(15)11(16)7-9/h2-7H,1H3. The lowest BCUT2D eigenvalue weighted by molar-refractivity contribution is -0.385. The number of carbonyl (C=O) groups is 1. The summed E-state index contributed by atoms with van der Waals surface area (Å²) in [6.07, 6.45) is 0. The number of ether oxygens (including phenoxy) is 1. The Morgan fingerprint density at radius 3 is 2.48 bits per heavy atom. The maximum absolute atomic E-state index is 12.0. The van der Waals surface area contributed by atoms with Crippen LogP contribution in [0.15, 0.2) is 36.4 Å². The number of hydrogen-bond donors (Lipinski definition) is 0. The van der Waals surface area contributed by atoms with Crippen LogP contribution < -0.4 is 4.74 Å². The maximum atomic E-state index is 12.0. The molecule has 0 heterocycles. The first-order valence-electron chi connectivity index (χ1n) is 5.81. The number of aryl methyl sites for hydroxylation is 1. The zero-order valence-electron chi connectivity index (χ0n) is 10.8. The van der Waals surface area contributed by atoms with Gasteiger partial charge in [0.2, 0.25) is 5.75 Å². The van der Waals surface area contributed by atoms with Crippen LogP contribution in [0.2, 0.25) is 10.0 Å². The van der Waals surface area contributed by atoms with Gasteiger partial charge in [-0.3, -0.25) is 10.1 Å². The molecule has 0 amide bonds. The summed E-state index contributed by atoms with van der Waals surface area (Å²) in [4.78, 5) is 22.4. The summed E-state index contributed by atoms with van der Waals surface area (Å²) in [7, 11) is 0. The van der Waals surface area contributed by atoms with E-state index in [-0.39, 0.29) is 22.0 Å². The van der Waals surface area contributed by atoms with Crippen LogP contribution in [-0.2, 0) is 0 Å². The number of hydrogen-bond acceptors (Lipinski definition) is 4. The van der Waals surface area contributed by atoms with Crippen LogP contribution >= 0.6 is 23.2 Å². The highest BCUT2D eigenvalue weighted by Crippen LogP contribution is 2.29. The fourth-order valence-corrected chi connectivity index (χ4v) is 1.94. The van der Waals surface area contributed by atoms with Crippen LogP contribution in [0.4, 0.5) is 5.69 Å². The average Bonchev–Trinajstić information content (AvgIpc) is 2.43. The van der Waals surface area contributed by atoms with Gasteiger partial charge in [0.1, 0.15) is 0 Å². The molecule has 0 saturated carbocycles. The van der Waals surface area contributed by atoms with E-state index in [1.165, 1.54) is 30.3 Å². The summed E-state index contributed by atoms with van der Waals surface area (Å²) < 4.78 is 5.06. The topological polar surface area (TPSA) is 69.4 Å². The van der Waals surface area contributed by atoms with Crippen LogP contribution in [0.3, 0.4) is 0 Å². The number of nitrogens with zero attached hydrogens (tertiary/aromatic N) is 1. The fourth-order valence-electron chi connectivity index (χ4n) is 1.64. The van der Waals surface area contributed by atoms with Gasteiger partial charge >= 0.3 is 11.7 Å². The number of nitro groups is 1. The second-order valence-corrected chi connectivity index (χ2v) is 5.06. The summed E-state index contributed by atoms with van der Waals surface area (Å²) in [5.74, 6) is -0.873. The minimum absolute atomic E-state index is 0.123. The van der Waals surface area contributed by atoms with Gasteiger partial charge in [0, 0.05) is 6.07 Å². The lowest BCUT2D eigenvalue weighted by atomic mass is 10.2. The third kappa shape index (κ3) is 3.51. The Kier molecular flexibility index (Phi) is 4.45. The number of carbonyl (C=O) groups excluding carboxylic acids is 1. The first kappa shape index (κ1) is 15.3. The molecule has 0 atom stereocenters. The van der Waals surface area contributed by atoms with E-state index in [9.17, 15) is 14.9 Å². The third-order valence-electron chi connectivity index (χ3n) is 2.67. The van der Waals surface area contributed by atoms with E-state index in [1.54, 1.807) is 13.0 Å². The number of rotatable bonds is 3. The molecule has 2 aromatic carbocycles. The monoisotopic (exact) mass is 325 g/mol. The minimum Gasteiger partial charge on any atom is -0.416 e. The summed E-state index contributed by atoms with van der Waals surface area (Å²) in [5.41, 5.74) is 0.568. The van der Waals surface area contributed by atoms with Crippen molar-refractivity contribution in [2.75, 3.05) is 0 Å². The van der Waals surface area contributed by atoms with Crippen molar-refractivity contribution in [1.29, 1.82) is 0 Å². The van der Waals surface area contributed by atoms with Gasteiger partial charge in [-0.2, -0.15) is 0 Å². The molecule has 5 nitrogen and oxygen atoms in total. The van der Waals surface area contributed by atoms with E-state index in [2.05, 4.69) is 0 Å². The summed E-state index contributed by atoms with van der Waals surface area (Å²) in [5, 5.41) is 11.5. The molecule has 0 unspecified atom stereocenters. The highest BCUT2D eigenvalue weighted by molar-refractivity contribution is 6.42. The summed E-state index contributed by atoms with van der Waals surface area (Å²) >= 11 is 11.6. The Hall–Kier alpha value is -2.11. The average molecular weight is 326 g/mol. The van der Waals surface area contributed by atoms with Crippen molar-refractivity contribution in [3.8, 4) is 5.75 Å². The number of nitro benzene ring substituents is 1. The van der Waals surface area contributed by atoms with Crippen molar-refractivity contribution in [3.05, 3.63) is 67.7 Å². The molecule has 108 valence electrons. The highest BCUT2D eigenvalue weighted by atomic mass is 35.5. The first-order valence-corrected chi connectivity index (χ1v) is 6.56. The second-order valence-electron chi connectivity index (χ2n) is 4.25. The molecule has 7 heteroatoms. The van der Waals surface area contributed by atoms with E-state index < -0.39 is 10.9 Å². The highest BCUT2D eigenvalue weighted by Gasteiger charge is 2.19. The van der Waals surface area contributed by atoms with Crippen molar-refractivity contribution >= 4 is 34.9 Å². The normalized spacial score (nSPS) is 10.2. The molecule has 0 aliphatic rings. The van der Waals surface area contributed by atoms with Gasteiger partial charge in [-0.1, -0.05) is 29.3 Å². The molecule has 0 aliphatic carbocycles. The molecular weight excluding hydrogens is 317 g/mol. The van der Waals surface area contributed by atoms with Gasteiger partial charge < -0.3 is 4.74 Å². The van der Waals surface area contributed by atoms with E-state index in [4.69, 9.17) is 27.9 Å². The van der Waals surface area contributed by atoms with E-state index in [0.717, 1.165) is 0 Å². The fraction of sp³-hybridized carbons (Fsp3) is 0.0714. The molecule has 0 N–H and O–H groups in total. The van der Waals surface area contributed by atoms with Crippen molar-refractivity contribution in [2.24, 2.45) is 0 Å². The first-order chi connectivity index (χ1) is 9.88. The Morgan fingerprint density at radius 2 is 1.86 bits per heavy atom. The SMILES string of the molecule is Cc1ccc(OC(=O)c2ccc(Cl)c(Cl)c2)c([N+](=O)[O-])c1. The largest absolute Gasteiger partial charge is 0.416 e. The molecule has 0 saturated heterocycles. The molecule has 2 aromatic rings. The smallest absolute Gasteiger partial charge is 0.343 e. The van der Waals surface area contributed by atoms with E-state index >= 15 is 0 Å². The number of halogens is 2. The van der Waals surface area contributed by atoms with Gasteiger partial charge in [0.05, 0.1) is 20.5 Å². The van der Waals surface area contributed by atoms with Crippen LogP contribution in [0.1, 0.15) is 15.9 Å². The van der Waals surface area contributed by atoms with E-state index in [0.29, 0.717) is 10.6 Å². The van der Waals surface area contributed by atoms with Crippen molar-refractivity contribution in [2.45, 2.75) is 6.92 Å². The van der Waals surface area contributed by atoms with Gasteiger partial charge in [-0.05, 0) is 36.8 Å². The predicted molar refractivity (Wildman–Crippen MR) is 79.3 cm³/mol. The quantitative estimate of drug-likeness (QED) is 0.362. The zero-order chi connectivity index (χ0) is 15.6. The maximum Gasteiger partial charge on any atom is 0.343 e. The third-order valence-corrected chi connectivity index (χ3v) is 3.41. The molecule has 0 bridgehead atoms.